The third-order valence-electron chi connectivity index (χ3n) is 2.92. The van der Waals surface area contributed by atoms with Crippen LogP contribution in [0.2, 0.25) is 5.02 Å². The quantitative estimate of drug-likeness (QED) is 0.799. The second-order valence-corrected chi connectivity index (χ2v) is 5.85. The minimum absolute atomic E-state index is 0.150. The van der Waals surface area contributed by atoms with Crippen LogP contribution in [0.25, 0.3) is 0 Å². The van der Waals surface area contributed by atoms with Crippen molar-refractivity contribution in [1.82, 2.24) is 9.78 Å². The van der Waals surface area contributed by atoms with Crippen LogP contribution in [-0.4, -0.2) is 15.7 Å². The van der Waals surface area contributed by atoms with Gasteiger partial charge in [0.15, 0.2) is 0 Å². The molecule has 0 radical (unpaired) electrons. The van der Waals surface area contributed by atoms with E-state index in [1.54, 1.807) is 22.9 Å². The van der Waals surface area contributed by atoms with E-state index in [9.17, 15) is 4.79 Å². The van der Waals surface area contributed by atoms with Crippen LogP contribution in [0.4, 0.5) is 5.69 Å². The second kappa shape index (κ2) is 5.50. The lowest BCUT2D eigenvalue weighted by molar-refractivity contribution is 0.102. The number of aromatic nitrogens is 2. The molecule has 0 saturated heterocycles. The zero-order valence-corrected chi connectivity index (χ0v) is 13.7. The molecule has 0 saturated carbocycles. The van der Waals surface area contributed by atoms with Crippen LogP contribution >= 0.6 is 34.2 Å². The summed E-state index contributed by atoms with van der Waals surface area (Å²) in [5, 5.41) is 7.78. The van der Waals surface area contributed by atoms with E-state index in [4.69, 9.17) is 11.6 Å². The highest BCUT2D eigenvalue weighted by atomic mass is 127. The molecule has 100 valence electrons. The van der Waals surface area contributed by atoms with Crippen molar-refractivity contribution in [3.05, 3.63) is 43.7 Å². The number of hydrogen-bond acceptors (Lipinski definition) is 2. The molecule has 2 aromatic rings. The van der Waals surface area contributed by atoms with E-state index in [1.165, 1.54) is 0 Å². The van der Waals surface area contributed by atoms with Gasteiger partial charge in [0.2, 0.25) is 0 Å². The summed E-state index contributed by atoms with van der Waals surface area (Å²) < 4.78 is 2.61. The van der Waals surface area contributed by atoms with E-state index in [0.717, 1.165) is 20.6 Å². The fraction of sp³-hybridized carbons (Fsp3) is 0.231. The molecule has 1 aromatic carbocycles. The number of benzene rings is 1. The molecule has 0 bridgehead atoms. The molecule has 1 heterocycles. The van der Waals surface area contributed by atoms with E-state index in [1.807, 2.05) is 20.9 Å². The van der Waals surface area contributed by atoms with Gasteiger partial charge in [0.05, 0.1) is 16.9 Å². The Morgan fingerprint density at radius 1 is 1.42 bits per heavy atom. The van der Waals surface area contributed by atoms with Gasteiger partial charge in [0, 0.05) is 21.3 Å². The topological polar surface area (TPSA) is 46.9 Å². The van der Waals surface area contributed by atoms with Crippen LogP contribution < -0.4 is 5.32 Å². The van der Waals surface area contributed by atoms with Gasteiger partial charge in [-0.3, -0.25) is 9.48 Å². The molecule has 0 aliphatic carbocycles. The van der Waals surface area contributed by atoms with Gasteiger partial charge in [-0.05, 0) is 54.6 Å². The molecular weight excluding hydrogens is 377 g/mol. The van der Waals surface area contributed by atoms with Crippen molar-refractivity contribution >= 4 is 45.8 Å². The van der Waals surface area contributed by atoms with Gasteiger partial charge in [-0.1, -0.05) is 11.6 Å². The maximum atomic E-state index is 12.3. The lowest BCUT2D eigenvalue weighted by Gasteiger charge is -2.08. The molecule has 2 rings (SSSR count). The Morgan fingerprint density at radius 2 is 2.11 bits per heavy atom. The van der Waals surface area contributed by atoms with Crippen molar-refractivity contribution < 1.29 is 4.79 Å². The number of amides is 1. The Morgan fingerprint density at radius 3 is 2.63 bits per heavy atom. The standard InChI is InChI=1S/C13H13ClIN3O/c1-7-12(8(2)18(3)17-7)13(19)16-11-5-4-9(14)6-10(11)15/h4-6H,1-3H3,(H,16,19). The largest absolute Gasteiger partial charge is 0.321 e. The molecule has 0 aliphatic rings. The molecule has 6 heteroatoms. The minimum atomic E-state index is -0.150. The average molecular weight is 390 g/mol. The molecule has 0 unspecified atom stereocenters. The van der Waals surface area contributed by atoms with Gasteiger partial charge in [-0.15, -0.1) is 0 Å². The van der Waals surface area contributed by atoms with Crippen LogP contribution in [0.5, 0.6) is 0 Å². The van der Waals surface area contributed by atoms with E-state index in [-0.39, 0.29) is 5.91 Å². The molecule has 0 spiro atoms. The number of nitrogens with zero attached hydrogens (tertiary/aromatic N) is 2. The Labute approximate surface area is 130 Å². The van der Waals surface area contributed by atoms with Gasteiger partial charge in [-0.25, -0.2) is 0 Å². The number of nitrogens with one attached hydrogen (secondary N) is 1. The van der Waals surface area contributed by atoms with Crippen molar-refractivity contribution in [3.63, 3.8) is 0 Å². The third-order valence-corrected chi connectivity index (χ3v) is 4.04. The number of rotatable bonds is 2. The number of anilines is 1. The number of carbonyl (C=O) groups is 1. The first-order valence-corrected chi connectivity index (χ1v) is 7.12. The molecule has 4 nitrogen and oxygen atoms in total. The first-order chi connectivity index (χ1) is 8.90. The molecule has 0 fully saturated rings. The molecule has 1 aromatic heterocycles. The average Bonchev–Trinajstić information content (AvgIpc) is 2.57. The van der Waals surface area contributed by atoms with Crippen LogP contribution in [-0.2, 0) is 7.05 Å². The molecule has 1 amide bonds. The lowest BCUT2D eigenvalue weighted by atomic mass is 10.2. The number of hydrogen-bond donors (Lipinski definition) is 1. The SMILES string of the molecule is Cc1nn(C)c(C)c1C(=O)Nc1ccc(Cl)cc1I. The summed E-state index contributed by atoms with van der Waals surface area (Å²) in [4.78, 5) is 12.3. The summed E-state index contributed by atoms with van der Waals surface area (Å²) in [7, 11) is 1.82. The van der Waals surface area contributed by atoms with Gasteiger partial charge >= 0.3 is 0 Å². The predicted molar refractivity (Wildman–Crippen MR) is 84.8 cm³/mol. The van der Waals surface area contributed by atoms with Crippen molar-refractivity contribution in [2.45, 2.75) is 13.8 Å². The van der Waals surface area contributed by atoms with E-state index >= 15 is 0 Å². The van der Waals surface area contributed by atoms with Crippen LogP contribution in [0.15, 0.2) is 18.2 Å². The predicted octanol–water partition coefficient (Wildman–Crippen LogP) is 3.55. The van der Waals surface area contributed by atoms with E-state index < -0.39 is 0 Å². The normalized spacial score (nSPS) is 10.6. The lowest BCUT2D eigenvalue weighted by Crippen LogP contribution is -2.14. The Kier molecular flexibility index (Phi) is 4.15. The van der Waals surface area contributed by atoms with E-state index in [2.05, 4.69) is 33.0 Å². The third kappa shape index (κ3) is 2.92. The second-order valence-electron chi connectivity index (χ2n) is 4.25. The van der Waals surface area contributed by atoms with Crippen molar-refractivity contribution in [1.29, 1.82) is 0 Å². The van der Waals surface area contributed by atoms with Crippen LogP contribution in [0, 0.1) is 17.4 Å². The molecule has 0 aliphatic heterocycles. The summed E-state index contributed by atoms with van der Waals surface area (Å²) >= 11 is 8.03. The summed E-state index contributed by atoms with van der Waals surface area (Å²) in [5.74, 6) is -0.150. The van der Waals surface area contributed by atoms with Crippen molar-refractivity contribution in [2.24, 2.45) is 7.05 Å². The molecule has 0 atom stereocenters. The smallest absolute Gasteiger partial charge is 0.259 e. The Balaban J connectivity index is 2.31. The van der Waals surface area contributed by atoms with Gasteiger partial charge in [0.25, 0.3) is 5.91 Å². The molecule has 19 heavy (non-hydrogen) atoms. The fourth-order valence-corrected chi connectivity index (χ4v) is 2.88. The Hall–Kier alpha value is -1.08. The monoisotopic (exact) mass is 389 g/mol. The highest BCUT2D eigenvalue weighted by Gasteiger charge is 2.18. The van der Waals surface area contributed by atoms with Gasteiger partial charge in [-0.2, -0.15) is 5.10 Å². The Bertz CT molecular complexity index is 652. The number of halogens is 2. The summed E-state index contributed by atoms with van der Waals surface area (Å²) in [5.41, 5.74) is 2.94. The van der Waals surface area contributed by atoms with Crippen LogP contribution in [0.1, 0.15) is 21.7 Å². The number of aryl methyl sites for hydroxylation is 2. The summed E-state index contributed by atoms with van der Waals surface area (Å²) in [6, 6.07) is 5.35. The van der Waals surface area contributed by atoms with Crippen LogP contribution in [0.3, 0.4) is 0 Å². The summed E-state index contributed by atoms with van der Waals surface area (Å²) in [6.45, 7) is 3.70. The first-order valence-electron chi connectivity index (χ1n) is 5.66. The van der Waals surface area contributed by atoms with Gasteiger partial charge in [0.1, 0.15) is 0 Å². The first kappa shape index (κ1) is 14.3. The van der Waals surface area contributed by atoms with Gasteiger partial charge < -0.3 is 5.32 Å². The van der Waals surface area contributed by atoms with E-state index in [0.29, 0.717) is 10.6 Å². The number of carbonyl (C=O) groups excluding carboxylic acids is 1. The fourth-order valence-electron chi connectivity index (χ4n) is 1.88. The zero-order valence-electron chi connectivity index (χ0n) is 10.8. The zero-order chi connectivity index (χ0) is 14.2. The highest BCUT2D eigenvalue weighted by Crippen LogP contribution is 2.23. The minimum Gasteiger partial charge on any atom is -0.321 e. The maximum Gasteiger partial charge on any atom is 0.259 e. The summed E-state index contributed by atoms with van der Waals surface area (Å²) in [6.07, 6.45) is 0. The molecule has 1 N–H and O–H groups in total. The maximum absolute atomic E-state index is 12.3. The highest BCUT2D eigenvalue weighted by molar-refractivity contribution is 14.1. The molecular formula is C13H13ClIN3O. The van der Waals surface area contributed by atoms with Crippen molar-refractivity contribution in [3.8, 4) is 0 Å². The van der Waals surface area contributed by atoms with Crippen molar-refractivity contribution in [2.75, 3.05) is 5.32 Å².